The monoisotopic (exact) mass is 595 g/mol. The minimum atomic E-state index is -0.333. The van der Waals surface area contributed by atoms with Gasteiger partial charge in [-0.1, -0.05) is 35.9 Å². The van der Waals surface area contributed by atoms with Crippen LogP contribution in [0.15, 0.2) is 108 Å². The van der Waals surface area contributed by atoms with Crippen molar-refractivity contribution in [1.29, 1.82) is 0 Å². The van der Waals surface area contributed by atoms with Crippen molar-refractivity contribution in [1.82, 2.24) is 10.4 Å². The van der Waals surface area contributed by atoms with Gasteiger partial charge in [0.2, 0.25) is 0 Å². The molecule has 5 rings (SSSR count). The fraction of sp³-hybridized carbons (Fsp3) is 0.0625. The summed E-state index contributed by atoms with van der Waals surface area (Å²) in [6, 6.07) is 29.1. The van der Waals surface area contributed by atoms with Crippen LogP contribution in [0.3, 0.4) is 0 Å². The molecular weight excluding hydrogens is 570 g/mol. The standard InChI is InChI=1S/C32H26ClN5O3S/c1-21-3-2-4-27(17-21)35-30(39)19-41-28-15-5-22(6-16-28)18-34-38-31(40)24-9-7-23(8-10-24)29-20-42-32(37-29)36-26-13-11-25(33)12-14-26/h2-18,20H,19H2,1H3,(H,35,39)(H,36,37)(H,38,40)/b34-18-. The Bertz CT molecular complexity index is 1700. The molecule has 0 unspecified atom stereocenters. The Balaban J connectivity index is 1.08. The van der Waals surface area contributed by atoms with Crippen LogP contribution in [0, 0.1) is 6.92 Å². The average Bonchev–Trinajstić information content (AvgIpc) is 3.46. The van der Waals surface area contributed by atoms with E-state index in [2.05, 4.69) is 26.1 Å². The van der Waals surface area contributed by atoms with Crippen molar-refractivity contribution in [3.05, 3.63) is 124 Å². The van der Waals surface area contributed by atoms with Crippen LogP contribution in [-0.4, -0.2) is 29.6 Å². The molecule has 0 aliphatic carbocycles. The number of hydrogen-bond acceptors (Lipinski definition) is 7. The van der Waals surface area contributed by atoms with E-state index in [-0.39, 0.29) is 18.4 Å². The Hall–Kier alpha value is -4.99. The largest absolute Gasteiger partial charge is 0.484 e. The van der Waals surface area contributed by atoms with Crippen LogP contribution in [0.4, 0.5) is 16.5 Å². The third kappa shape index (κ3) is 8.03. The Morgan fingerprint density at radius 3 is 2.45 bits per heavy atom. The maximum atomic E-state index is 12.6. The van der Waals surface area contributed by atoms with Crippen LogP contribution in [0.25, 0.3) is 11.3 Å². The van der Waals surface area contributed by atoms with Gasteiger partial charge in [-0.05, 0) is 90.8 Å². The first-order chi connectivity index (χ1) is 20.4. The molecule has 0 aliphatic rings. The number of ether oxygens (including phenoxy) is 1. The number of benzene rings is 4. The number of hydrogen-bond donors (Lipinski definition) is 3. The number of aryl methyl sites for hydroxylation is 1. The van der Waals surface area contributed by atoms with Crippen molar-refractivity contribution in [2.45, 2.75) is 6.92 Å². The Labute approximate surface area is 252 Å². The number of hydrazone groups is 1. The molecule has 210 valence electrons. The minimum absolute atomic E-state index is 0.111. The average molecular weight is 596 g/mol. The van der Waals surface area contributed by atoms with Gasteiger partial charge >= 0.3 is 0 Å². The highest BCUT2D eigenvalue weighted by Crippen LogP contribution is 2.28. The fourth-order valence-corrected chi connectivity index (χ4v) is 4.73. The molecule has 10 heteroatoms. The van der Waals surface area contributed by atoms with Crippen molar-refractivity contribution in [3.8, 4) is 17.0 Å². The van der Waals surface area contributed by atoms with Gasteiger partial charge in [0.1, 0.15) is 5.75 Å². The van der Waals surface area contributed by atoms with Gasteiger partial charge in [-0.3, -0.25) is 9.59 Å². The number of carbonyl (C=O) groups is 2. The van der Waals surface area contributed by atoms with Crippen molar-refractivity contribution in [2.75, 3.05) is 17.2 Å². The van der Waals surface area contributed by atoms with Gasteiger partial charge in [-0.2, -0.15) is 5.10 Å². The van der Waals surface area contributed by atoms with Gasteiger partial charge in [0.25, 0.3) is 11.8 Å². The summed E-state index contributed by atoms with van der Waals surface area (Å²) >= 11 is 7.43. The number of amides is 2. The van der Waals surface area contributed by atoms with E-state index in [1.807, 2.05) is 73.0 Å². The van der Waals surface area contributed by atoms with Gasteiger partial charge in [0.05, 0.1) is 11.9 Å². The first-order valence-corrected chi connectivity index (χ1v) is 14.2. The SMILES string of the molecule is Cc1cccc(NC(=O)COc2ccc(/C=N\NC(=O)c3ccc(-c4csc(Nc5ccc(Cl)cc5)n4)cc3)cc2)c1. The molecule has 0 aliphatic heterocycles. The highest BCUT2D eigenvalue weighted by molar-refractivity contribution is 7.14. The van der Waals surface area contributed by atoms with Crippen LogP contribution >= 0.6 is 22.9 Å². The molecule has 0 atom stereocenters. The molecule has 2 amide bonds. The van der Waals surface area contributed by atoms with E-state index in [4.69, 9.17) is 16.3 Å². The first kappa shape index (κ1) is 28.5. The van der Waals surface area contributed by atoms with Crippen LogP contribution in [-0.2, 0) is 4.79 Å². The quantitative estimate of drug-likeness (QED) is 0.116. The summed E-state index contributed by atoms with van der Waals surface area (Å²) in [7, 11) is 0. The molecule has 1 heterocycles. The zero-order valence-electron chi connectivity index (χ0n) is 22.5. The lowest BCUT2D eigenvalue weighted by Crippen LogP contribution is -2.20. The predicted molar refractivity (Wildman–Crippen MR) is 169 cm³/mol. The number of anilines is 3. The zero-order chi connectivity index (χ0) is 29.3. The van der Waals surface area contributed by atoms with E-state index < -0.39 is 0 Å². The highest BCUT2D eigenvalue weighted by atomic mass is 35.5. The van der Waals surface area contributed by atoms with Gasteiger partial charge in [0, 0.05) is 32.9 Å². The number of halogens is 1. The number of carbonyl (C=O) groups excluding carboxylic acids is 2. The highest BCUT2D eigenvalue weighted by Gasteiger charge is 2.09. The smallest absolute Gasteiger partial charge is 0.271 e. The van der Waals surface area contributed by atoms with E-state index in [1.165, 1.54) is 17.6 Å². The summed E-state index contributed by atoms with van der Waals surface area (Å²) in [4.78, 5) is 29.3. The normalized spacial score (nSPS) is 10.8. The van der Waals surface area contributed by atoms with E-state index in [9.17, 15) is 9.59 Å². The lowest BCUT2D eigenvalue weighted by atomic mass is 10.1. The molecule has 0 saturated carbocycles. The lowest BCUT2D eigenvalue weighted by Gasteiger charge is -2.08. The lowest BCUT2D eigenvalue weighted by molar-refractivity contribution is -0.118. The Morgan fingerprint density at radius 1 is 0.952 bits per heavy atom. The second-order valence-corrected chi connectivity index (χ2v) is 10.5. The van der Waals surface area contributed by atoms with E-state index >= 15 is 0 Å². The number of nitrogens with one attached hydrogen (secondary N) is 3. The second-order valence-electron chi connectivity index (χ2n) is 9.22. The van der Waals surface area contributed by atoms with Crippen LogP contribution in [0.2, 0.25) is 5.02 Å². The van der Waals surface area contributed by atoms with Gasteiger partial charge in [-0.15, -0.1) is 11.3 Å². The second kappa shape index (κ2) is 13.6. The maximum Gasteiger partial charge on any atom is 0.271 e. The molecule has 4 aromatic carbocycles. The molecule has 0 saturated heterocycles. The summed E-state index contributed by atoms with van der Waals surface area (Å²) in [5.74, 6) is -0.0334. The van der Waals surface area contributed by atoms with Crippen molar-refractivity contribution in [2.24, 2.45) is 5.10 Å². The summed E-state index contributed by atoms with van der Waals surface area (Å²) in [5, 5.41) is 13.5. The summed E-state index contributed by atoms with van der Waals surface area (Å²) in [6.45, 7) is 1.85. The minimum Gasteiger partial charge on any atom is -0.484 e. The van der Waals surface area contributed by atoms with Crippen molar-refractivity contribution >= 4 is 57.5 Å². The third-order valence-electron chi connectivity index (χ3n) is 5.97. The molecule has 0 radical (unpaired) electrons. The summed E-state index contributed by atoms with van der Waals surface area (Å²) in [6.07, 6.45) is 1.53. The molecule has 8 nitrogen and oxygen atoms in total. The predicted octanol–water partition coefficient (Wildman–Crippen LogP) is 7.30. The third-order valence-corrected chi connectivity index (χ3v) is 6.98. The molecule has 0 bridgehead atoms. The summed E-state index contributed by atoms with van der Waals surface area (Å²) < 4.78 is 5.56. The van der Waals surface area contributed by atoms with E-state index in [1.54, 1.807) is 36.4 Å². The Kier molecular flexibility index (Phi) is 9.23. The summed E-state index contributed by atoms with van der Waals surface area (Å²) in [5.41, 5.74) is 8.15. The van der Waals surface area contributed by atoms with Gasteiger partial charge in [0.15, 0.2) is 11.7 Å². The van der Waals surface area contributed by atoms with Crippen LogP contribution < -0.4 is 20.8 Å². The number of aromatic nitrogens is 1. The van der Waals surface area contributed by atoms with Crippen molar-refractivity contribution in [3.63, 3.8) is 0 Å². The molecule has 42 heavy (non-hydrogen) atoms. The molecule has 3 N–H and O–H groups in total. The van der Waals surface area contributed by atoms with Gasteiger partial charge in [-0.25, -0.2) is 10.4 Å². The molecular formula is C32H26ClN5O3S. The number of thiazole rings is 1. The molecule has 5 aromatic rings. The Morgan fingerprint density at radius 2 is 1.71 bits per heavy atom. The topological polar surface area (TPSA) is 105 Å². The first-order valence-electron chi connectivity index (χ1n) is 12.9. The number of nitrogens with zero attached hydrogens (tertiary/aromatic N) is 2. The van der Waals surface area contributed by atoms with E-state index in [0.29, 0.717) is 16.3 Å². The fourth-order valence-electron chi connectivity index (χ4n) is 3.86. The van der Waals surface area contributed by atoms with Crippen molar-refractivity contribution < 1.29 is 14.3 Å². The molecule has 0 spiro atoms. The maximum absolute atomic E-state index is 12.6. The van der Waals surface area contributed by atoms with Crippen LogP contribution in [0.5, 0.6) is 5.75 Å². The molecule has 1 aromatic heterocycles. The van der Waals surface area contributed by atoms with Gasteiger partial charge < -0.3 is 15.4 Å². The van der Waals surface area contributed by atoms with Crippen LogP contribution in [0.1, 0.15) is 21.5 Å². The molecule has 0 fully saturated rings. The number of rotatable bonds is 10. The van der Waals surface area contributed by atoms with E-state index in [0.717, 1.165) is 38.9 Å². The zero-order valence-corrected chi connectivity index (χ0v) is 24.1.